The van der Waals surface area contributed by atoms with Crippen LogP contribution in [0.25, 0.3) is 11.2 Å². The highest BCUT2D eigenvalue weighted by atomic mass is 16.5. The van der Waals surface area contributed by atoms with Gasteiger partial charge in [-0.25, -0.2) is 14.8 Å². The lowest BCUT2D eigenvalue weighted by Crippen LogP contribution is -2.41. The predicted molar refractivity (Wildman–Crippen MR) is 85.4 cm³/mol. The summed E-state index contributed by atoms with van der Waals surface area (Å²) >= 11 is 0. The number of nitrogens with zero attached hydrogens (tertiary/aromatic N) is 4. The fraction of sp³-hybridized carbons (Fsp3) is 0.500. The van der Waals surface area contributed by atoms with Gasteiger partial charge in [0.2, 0.25) is 0 Å². The Balaban J connectivity index is 1.92. The highest BCUT2D eigenvalue weighted by Crippen LogP contribution is 2.23. The highest BCUT2D eigenvalue weighted by molar-refractivity contribution is 5.98. The van der Waals surface area contributed by atoms with Crippen LogP contribution in [0.15, 0.2) is 18.6 Å². The predicted octanol–water partition coefficient (Wildman–Crippen LogP) is 0.761. The summed E-state index contributed by atoms with van der Waals surface area (Å²) < 4.78 is 6.64. The minimum atomic E-state index is -0.776. The lowest BCUT2D eigenvalue weighted by atomic mass is 10.2. The number of carbonyl (C=O) groups excluding carboxylic acids is 2. The normalized spacial score (nSPS) is 20.8. The molecule has 8 nitrogen and oxygen atoms in total. The number of methoxy groups -OCH3 is 1. The van der Waals surface area contributed by atoms with E-state index in [0.717, 1.165) is 0 Å². The van der Waals surface area contributed by atoms with E-state index in [4.69, 9.17) is 4.74 Å². The van der Waals surface area contributed by atoms with Crippen molar-refractivity contribution in [2.45, 2.75) is 38.5 Å². The number of aliphatic hydroxyl groups excluding tert-OH is 1. The second-order valence-electron chi connectivity index (χ2n) is 6.20. The van der Waals surface area contributed by atoms with Gasteiger partial charge in [-0.1, -0.05) is 0 Å². The Morgan fingerprint density at radius 3 is 2.79 bits per heavy atom. The Hall–Kier alpha value is -2.48. The molecule has 0 unspecified atom stereocenters. The largest absolute Gasteiger partial charge is 0.467 e. The molecule has 2 aromatic rings. The number of aliphatic hydroxyl groups is 1. The van der Waals surface area contributed by atoms with Crippen molar-refractivity contribution in [1.29, 1.82) is 0 Å². The Kier molecular flexibility index (Phi) is 4.23. The first-order valence-electron chi connectivity index (χ1n) is 7.81. The number of rotatable bonds is 3. The zero-order chi connectivity index (χ0) is 17.4. The Morgan fingerprint density at radius 1 is 1.38 bits per heavy atom. The van der Waals surface area contributed by atoms with Crippen LogP contribution in [0.3, 0.4) is 0 Å². The highest BCUT2D eigenvalue weighted by Gasteiger charge is 2.40. The number of hydrogen-bond donors (Lipinski definition) is 1. The van der Waals surface area contributed by atoms with E-state index in [1.54, 1.807) is 12.4 Å². The maximum absolute atomic E-state index is 12.7. The topological polar surface area (TPSA) is 97.6 Å². The van der Waals surface area contributed by atoms with Crippen molar-refractivity contribution < 1.29 is 19.4 Å². The summed E-state index contributed by atoms with van der Waals surface area (Å²) in [5, 5.41) is 9.81. The minimum absolute atomic E-state index is 0.0943. The van der Waals surface area contributed by atoms with E-state index in [2.05, 4.69) is 9.97 Å². The zero-order valence-corrected chi connectivity index (χ0v) is 13.8. The molecular weight excluding hydrogens is 312 g/mol. The van der Waals surface area contributed by atoms with Crippen molar-refractivity contribution in [3.63, 3.8) is 0 Å². The van der Waals surface area contributed by atoms with Crippen LogP contribution in [0, 0.1) is 0 Å². The second kappa shape index (κ2) is 6.20. The van der Waals surface area contributed by atoms with E-state index >= 15 is 0 Å². The molecular formula is C16H20N4O4. The Bertz CT molecular complexity index is 785. The molecule has 128 valence electrons. The van der Waals surface area contributed by atoms with E-state index in [-0.39, 0.29) is 24.9 Å². The number of carbonyl (C=O) groups is 2. The second-order valence-corrected chi connectivity index (χ2v) is 6.20. The van der Waals surface area contributed by atoms with Crippen LogP contribution in [0.2, 0.25) is 0 Å². The fourth-order valence-electron chi connectivity index (χ4n) is 2.98. The molecule has 0 aliphatic carbocycles. The molecule has 1 amide bonds. The number of likely N-dealkylation sites (tertiary alicyclic amines) is 1. The van der Waals surface area contributed by atoms with Crippen LogP contribution in [-0.2, 0) is 9.53 Å². The SMILES string of the molecule is COC(=O)[C@@H]1C[C@@H](O)CN1C(=O)c1cnc2c(c1)ncn2C(C)C. The van der Waals surface area contributed by atoms with Crippen LogP contribution in [0.1, 0.15) is 36.7 Å². The third kappa shape index (κ3) is 2.73. The maximum atomic E-state index is 12.7. The van der Waals surface area contributed by atoms with E-state index in [9.17, 15) is 14.7 Å². The molecule has 0 bridgehead atoms. The molecule has 1 N–H and O–H groups in total. The number of fused-ring (bicyclic) bond motifs is 1. The number of hydrogen-bond acceptors (Lipinski definition) is 6. The number of esters is 1. The van der Waals surface area contributed by atoms with Crippen molar-refractivity contribution in [3.8, 4) is 0 Å². The van der Waals surface area contributed by atoms with Crippen LogP contribution in [-0.4, -0.2) is 62.2 Å². The molecule has 0 saturated carbocycles. The zero-order valence-electron chi connectivity index (χ0n) is 13.8. The summed E-state index contributed by atoms with van der Waals surface area (Å²) in [6, 6.07) is 1.09. The summed E-state index contributed by atoms with van der Waals surface area (Å²) in [6.45, 7) is 4.14. The molecule has 1 fully saturated rings. The van der Waals surface area contributed by atoms with Gasteiger partial charge in [0.1, 0.15) is 11.6 Å². The first-order valence-corrected chi connectivity index (χ1v) is 7.81. The number of amides is 1. The van der Waals surface area contributed by atoms with Gasteiger partial charge in [-0.05, 0) is 19.9 Å². The summed E-state index contributed by atoms with van der Waals surface area (Å²) in [5.41, 5.74) is 1.65. The molecule has 24 heavy (non-hydrogen) atoms. The smallest absolute Gasteiger partial charge is 0.328 e. The minimum Gasteiger partial charge on any atom is -0.467 e. The van der Waals surface area contributed by atoms with Crippen molar-refractivity contribution in [2.75, 3.05) is 13.7 Å². The molecule has 8 heteroatoms. The van der Waals surface area contributed by atoms with Gasteiger partial charge in [0.25, 0.3) is 5.91 Å². The molecule has 3 rings (SSSR count). The summed E-state index contributed by atoms with van der Waals surface area (Å²) in [4.78, 5) is 34.5. The fourth-order valence-corrected chi connectivity index (χ4v) is 2.98. The lowest BCUT2D eigenvalue weighted by molar-refractivity contribution is -0.145. The van der Waals surface area contributed by atoms with Crippen LogP contribution >= 0.6 is 0 Å². The van der Waals surface area contributed by atoms with Crippen molar-refractivity contribution >= 4 is 23.0 Å². The quantitative estimate of drug-likeness (QED) is 0.834. The third-order valence-corrected chi connectivity index (χ3v) is 4.23. The average molecular weight is 332 g/mol. The van der Waals surface area contributed by atoms with Gasteiger partial charge < -0.3 is 19.3 Å². The molecule has 0 aromatic carbocycles. The van der Waals surface area contributed by atoms with E-state index in [1.807, 2.05) is 18.4 Å². The number of β-amino-alcohol motifs (C(OH)–C–C–N with tert-alkyl or cyclic N) is 1. The van der Waals surface area contributed by atoms with Crippen molar-refractivity contribution in [2.24, 2.45) is 0 Å². The van der Waals surface area contributed by atoms with Gasteiger partial charge in [-0.3, -0.25) is 4.79 Å². The molecule has 1 aliphatic heterocycles. The number of imidazole rings is 1. The first kappa shape index (κ1) is 16.4. The monoisotopic (exact) mass is 332 g/mol. The molecule has 0 spiro atoms. The van der Waals surface area contributed by atoms with Gasteiger partial charge in [-0.15, -0.1) is 0 Å². The van der Waals surface area contributed by atoms with Gasteiger partial charge in [0.15, 0.2) is 5.65 Å². The molecule has 2 atom stereocenters. The van der Waals surface area contributed by atoms with E-state index in [0.29, 0.717) is 16.7 Å². The van der Waals surface area contributed by atoms with E-state index in [1.165, 1.54) is 18.2 Å². The van der Waals surface area contributed by atoms with Crippen LogP contribution in [0.4, 0.5) is 0 Å². The lowest BCUT2D eigenvalue weighted by Gasteiger charge is -2.22. The number of pyridine rings is 1. The first-order chi connectivity index (χ1) is 11.4. The third-order valence-electron chi connectivity index (χ3n) is 4.23. The van der Waals surface area contributed by atoms with Gasteiger partial charge >= 0.3 is 5.97 Å². The molecule has 1 aliphatic rings. The van der Waals surface area contributed by atoms with Crippen LogP contribution < -0.4 is 0 Å². The number of ether oxygens (including phenoxy) is 1. The standard InChI is InChI=1S/C16H20N4O4/c1-9(2)20-8-18-12-4-10(6-17-14(12)20)15(22)19-7-11(21)5-13(19)16(23)24-3/h4,6,8-9,11,13,21H,5,7H2,1-3H3/t11-,13+/m1/s1. The van der Waals surface area contributed by atoms with Crippen LogP contribution in [0.5, 0.6) is 0 Å². The van der Waals surface area contributed by atoms with Gasteiger partial charge in [0, 0.05) is 25.2 Å². The van der Waals surface area contributed by atoms with Crippen molar-refractivity contribution in [1.82, 2.24) is 19.4 Å². The maximum Gasteiger partial charge on any atom is 0.328 e. The molecule has 2 aromatic heterocycles. The molecule has 0 radical (unpaired) electrons. The molecule has 1 saturated heterocycles. The summed E-state index contributed by atoms with van der Waals surface area (Å²) in [5.74, 6) is -0.895. The number of aromatic nitrogens is 3. The van der Waals surface area contributed by atoms with Gasteiger partial charge in [0.05, 0.1) is 25.1 Å². The Morgan fingerprint density at radius 2 is 2.12 bits per heavy atom. The summed E-state index contributed by atoms with van der Waals surface area (Å²) in [6.07, 6.45) is 2.60. The van der Waals surface area contributed by atoms with E-state index < -0.39 is 18.1 Å². The van der Waals surface area contributed by atoms with Gasteiger partial charge in [-0.2, -0.15) is 0 Å². The summed E-state index contributed by atoms with van der Waals surface area (Å²) in [7, 11) is 1.27. The average Bonchev–Trinajstić information content (AvgIpc) is 3.16. The Labute approximate surface area is 139 Å². The molecule has 3 heterocycles. The van der Waals surface area contributed by atoms with Crippen molar-refractivity contribution in [3.05, 3.63) is 24.2 Å².